The lowest BCUT2D eigenvalue weighted by molar-refractivity contribution is 0.185. The monoisotopic (exact) mass is 472 g/mol. The summed E-state index contributed by atoms with van der Waals surface area (Å²) >= 11 is 0. The van der Waals surface area contributed by atoms with Crippen LogP contribution in [0.1, 0.15) is 11.4 Å². The number of hydrogen-bond donors (Lipinski definition) is 0. The van der Waals surface area contributed by atoms with Crippen LogP contribution < -0.4 is 15.0 Å². The molecule has 0 saturated carbocycles. The molecule has 0 aliphatic rings. The molecule has 0 spiro atoms. The summed E-state index contributed by atoms with van der Waals surface area (Å²) in [6.45, 7) is 2.55. The fraction of sp³-hybridized carbons (Fsp3) is 0.240. The number of hydrogen-bond acceptors (Lipinski definition) is 8. The second kappa shape index (κ2) is 9.15. The first-order chi connectivity index (χ1) is 17.0. The van der Waals surface area contributed by atoms with Gasteiger partial charge in [-0.3, -0.25) is 9.36 Å². The van der Waals surface area contributed by atoms with Gasteiger partial charge in [-0.2, -0.15) is 9.78 Å². The number of aryl methyl sites for hydroxylation is 1. The quantitative estimate of drug-likeness (QED) is 0.335. The molecule has 0 N–H and O–H groups in total. The zero-order valence-electron chi connectivity index (χ0n) is 19.8. The predicted octanol–water partition coefficient (Wildman–Crippen LogP) is 3.15. The van der Waals surface area contributed by atoms with Crippen molar-refractivity contribution in [2.45, 2.75) is 13.5 Å². The average Bonchev–Trinajstić information content (AvgIpc) is 3.17. The van der Waals surface area contributed by atoms with E-state index >= 15 is 0 Å². The molecule has 0 amide bonds. The molecule has 0 unspecified atom stereocenters. The maximum atomic E-state index is 13.6. The summed E-state index contributed by atoms with van der Waals surface area (Å²) in [5, 5.41) is 5.03. The molecule has 0 aliphatic carbocycles. The van der Waals surface area contributed by atoms with Gasteiger partial charge in [0, 0.05) is 7.11 Å². The Labute approximate surface area is 200 Å². The van der Waals surface area contributed by atoms with Gasteiger partial charge in [0.2, 0.25) is 0 Å². The molecule has 3 aromatic heterocycles. The van der Waals surface area contributed by atoms with E-state index in [-0.39, 0.29) is 5.56 Å². The molecule has 178 valence electrons. The van der Waals surface area contributed by atoms with Crippen molar-refractivity contribution < 1.29 is 14.2 Å². The fourth-order valence-corrected chi connectivity index (χ4v) is 4.03. The molecule has 5 rings (SSSR count). The number of methoxy groups -OCH3 is 3. The van der Waals surface area contributed by atoms with Gasteiger partial charge < -0.3 is 14.2 Å². The molecule has 35 heavy (non-hydrogen) atoms. The first-order valence-corrected chi connectivity index (χ1v) is 11.0. The van der Waals surface area contributed by atoms with E-state index in [0.29, 0.717) is 63.7 Å². The number of benzene rings is 2. The van der Waals surface area contributed by atoms with Crippen LogP contribution in [-0.2, 0) is 11.3 Å². The van der Waals surface area contributed by atoms with Crippen LogP contribution in [0, 0.1) is 6.92 Å². The van der Waals surface area contributed by atoms with Gasteiger partial charge in [-0.15, -0.1) is 0 Å². The number of para-hydroxylation sites is 2. The molecular formula is C25H24N6O4. The first kappa shape index (κ1) is 22.5. The van der Waals surface area contributed by atoms with Gasteiger partial charge in [0.1, 0.15) is 16.7 Å². The minimum absolute atomic E-state index is 0.209. The Morgan fingerprint density at radius 1 is 0.943 bits per heavy atom. The zero-order chi connectivity index (χ0) is 24.5. The third kappa shape index (κ3) is 3.87. The molecule has 2 aromatic carbocycles. The van der Waals surface area contributed by atoms with Crippen molar-refractivity contribution in [3.05, 3.63) is 64.2 Å². The van der Waals surface area contributed by atoms with Crippen molar-refractivity contribution in [2.24, 2.45) is 5.10 Å². The molecule has 0 radical (unpaired) electrons. The molecule has 0 saturated heterocycles. The van der Waals surface area contributed by atoms with E-state index in [9.17, 15) is 4.79 Å². The molecule has 0 fully saturated rings. The van der Waals surface area contributed by atoms with Crippen molar-refractivity contribution >= 4 is 39.4 Å². The van der Waals surface area contributed by atoms with Crippen LogP contribution in [0.3, 0.4) is 0 Å². The SMILES string of the molecule is COCCn1c(C)nc2c(c1=O)c1nc3ccccc3nc1n2N=Cc1ccc(OC)c(OC)c1. The van der Waals surface area contributed by atoms with Crippen LogP contribution in [0.4, 0.5) is 0 Å². The highest BCUT2D eigenvalue weighted by atomic mass is 16.5. The van der Waals surface area contributed by atoms with E-state index in [1.807, 2.05) is 36.4 Å². The summed E-state index contributed by atoms with van der Waals surface area (Å²) in [5.41, 5.74) is 3.24. The van der Waals surface area contributed by atoms with E-state index in [2.05, 4.69) is 5.10 Å². The maximum absolute atomic E-state index is 13.6. The number of fused-ring (bicyclic) bond motifs is 4. The normalized spacial score (nSPS) is 11.8. The van der Waals surface area contributed by atoms with E-state index in [4.69, 9.17) is 29.2 Å². The average molecular weight is 473 g/mol. The molecule has 0 atom stereocenters. The van der Waals surface area contributed by atoms with Crippen molar-refractivity contribution in [1.29, 1.82) is 0 Å². The highest BCUT2D eigenvalue weighted by molar-refractivity contribution is 6.05. The Balaban J connectivity index is 1.78. The largest absolute Gasteiger partial charge is 0.493 e. The van der Waals surface area contributed by atoms with Gasteiger partial charge in [-0.05, 0) is 42.8 Å². The van der Waals surface area contributed by atoms with Crippen LogP contribution in [0.2, 0.25) is 0 Å². The Bertz CT molecular complexity index is 1650. The van der Waals surface area contributed by atoms with Gasteiger partial charge in [-0.25, -0.2) is 15.0 Å². The Morgan fingerprint density at radius 2 is 1.69 bits per heavy atom. The lowest BCUT2D eigenvalue weighted by atomic mass is 10.2. The van der Waals surface area contributed by atoms with Crippen molar-refractivity contribution in [3.63, 3.8) is 0 Å². The molecule has 5 aromatic rings. The lowest BCUT2D eigenvalue weighted by Crippen LogP contribution is -2.25. The number of ether oxygens (including phenoxy) is 3. The number of aromatic nitrogens is 5. The summed E-state index contributed by atoms with van der Waals surface area (Å²) in [6, 6.07) is 13.0. The van der Waals surface area contributed by atoms with Crippen LogP contribution in [0.25, 0.3) is 33.2 Å². The third-order valence-electron chi connectivity index (χ3n) is 5.78. The topological polar surface area (TPSA) is 106 Å². The second-order valence-electron chi connectivity index (χ2n) is 7.86. The minimum Gasteiger partial charge on any atom is -0.493 e. The molecule has 10 heteroatoms. The number of rotatable bonds is 7. The van der Waals surface area contributed by atoms with E-state index in [1.165, 1.54) is 0 Å². The molecule has 10 nitrogen and oxygen atoms in total. The molecule has 3 heterocycles. The predicted molar refractivity (Wildman–Crippen MR) is 134 cm³/mol. The highest BCUT2D eigenvalue weighted by Crippen LogP contribution is 2.28. The van der Waals surface area contributed by atoms with E-state index in [1.54, 1.807) is 49.8 Å². The third-order valence-corrected chi connectivity index (χ3v) is 5.78. The van der Waals surface area contributed by atoms with Gasteiger partial charge >= 0.3 is 0 Å². The molecule has 0 bridgehead atoms. The molecular weight excluding hydrogens is 448 g/mol. The summed E-state index contributed by atoms with van der Waals surface area (Å²) < 4.78 is 19.0. The van der Waals surface area contributed by atoms with Gasteiger partial charge in [0.05, 0.1) is 44.6 Å². The van der Waals surface area contributed by atoms with Crippen LogP contribution in [0.15, 0.2) is 52.4 Å². The maximum Gasteiger partial charge on any atom is 0.265 e. The summed E-state index contributed by atoms with van der Waals surface area (Å²) in [7, 11) is 4.76. The second-order valence-corrected chi connectivity index (χ2v) is 7.86. The van der Waals surface area contributed by atoms with Gasteiger partial charge in [-0.1, -0.05) is 12.1 Å². The first-order valence-electron chi connectivity index (χ1n) is 11.0. The van der Waals surface area contributed by atoms with E-state index < -0.39 is 0 Å². The van der Waals surface area contributed by atoms with Crippen molar-refractivity contribution in [2.75, 3.05) is 27.9 Å². The smallest absolute Gasteiger partial charge is 0.265 e. The summed E-state index contributed by atoms with van der Waals surface area (Å²) in [5.74, 6) is 1.75. The summed E-state index contributed by atoms with van der Waals surface area (Å²) in [6.07, 6.45) is 1.66. The Kier molecular flexibility index (Phi) is 5.87. The zero-order valence-corrected chi connectivity index (χ0v) is 19.8. The lowest BCUT2D eigenvalue weighted by Gasteiger charge is -2.09. The Morgan fingerprint density at radius 3 is 2.40 bits per heavy atom. The van der Waals surface area contributed by atoms with Gasteiger partial charge in [0.15, 0.2) is 22.8 Å². The standard InChI is InChI=1S/C25H24N6O4/c1-15-27-23-21(25(32)30(15)11-12-33-2)22-24(29-18-8-6-5-7-17(18)28-22)31(23)26-14-16-9-10-19(34-3)20(13-16)35-4/h5-10,13-14H,11-12H2,1-4H3. The van der Waals surface area contributed by atoms with Crippen LogP contribution in [0.5, 0.6) is 11.5 Å². The summed E-state index contributed by atoms with van der Waals surface area (Å²) in [4.78, 5) is 27.8. The highest BCUT2D eigenvalue weighted by Gasteiger charge is 2.21. The molecule has 0 aliphatic heterocycles. The van der Waals surface area contributed by atoms with Crippen molar-refractivity contribution in [3.8, 4) is 11.5 Å². The number of nitrogens with zero attached hydrogens (tertiary/aromatic N) is 6. The van der Waals surface area contributed by atoms with Crippen LogP contribution >= 0.6 is 0 Å². The van der Waals surface area contributed by atoms with Crippen LogP contribution in [-0.4, -0.2) is 58.3 Å². The van der Waals surface area contributed by atoms with Gasteiger partial charge in [0.25, 0.3) is 5.56 Å². The minimum atomic E-state index is -0.209. The fourth-order valence-electron chi connectivity index (χ4n) is 4.03. The Hall–Kier alpha value is -4.31. The van der Waals surface area contributed by atoms with Crippen molar-refractivity contribution in [1.82, 2.24) is 24.2 Å². The van der Waals surface area contributed by atoms with E-state index in [0.717, 1.165) is 5.56 Å².